The van der Waals surface area contributed by atoms with Crippen LogP contribution in [0.3, 0.4) is 0 Å². The Hall–Kier alpha value is -2.82. The zero-order valence-electron chi connectivity index (χ0n) is 14.5. The first-order chi connectivity index (χ1) is 12.1. The number of aromatic nitrogens is 1. The van der Waals surface area contributed by atoms with Crippen LogP contribution in [0.2, 0.25) is 0 Å². The predicted molar refractivity (Wildman–Crippen MR) is 99.6 cm³/mol. The first-order valence-electron chi connectivity index (χ1n) is 8.41. The number of aliphatic hydroxyl groups is 1. The van der Waals surface area contributed by atoms with Crippen molar-refractivity contribution in [2.75, 3.05) is 13.1 Å². The van der Waals surface area contributed by atoms with Gasteiger partial charge < -0.3 is 15.1 Å². The summed E-state index contributed by atoms with van der Waals surface area (Å²) in [6.45, 7) is 6.67. The fraction of sp³-hybridized carbons (Fsp3) is 0.300. The number of pyridine rings is 1. The standard InChI is InChI=1S/C20H24N2O3/c1-3-22(12-8-11-16-9-6-4-5-7-10-16)20(25)18-19(24)15(2)17(14-23)13-21-18/h4,6-7,9-10,13-14,23-24H,2-3,5,8,11-12H2,1H3. The van der Waals surface area contributed by atoms with Gasteiger partial charge in [0.2, 0.25) is 0 Å². The molecule has 5 nitrogen and oxygen atoms in total. The molecule has 1 aliphatic carbocycles. The molecule has 0 aliphatic heterocycles. The van der Waals surface area contributed by atoms with Gasteiger partial charge in [0.1, 0.15) is 0 Å². The molecule has 0 aromatic carbocycles. The molecule has 0 spiro atoms. The van der Waals surface area contributed by atoms with Gasteiger partial charge in [0.05, 0.1) is 6.26 Å². The fourth-order valence-corrected chi connectivity index (χ4v) is 2.64. The molecule has 2 rings (SSSR count). The van der Waals surface area contributed by atoms with Gasteiger partial charge in [-0.1, -0.05) is 37.0 Å². The van der Waals surface area contributed by atoms with E-state index < -0.39 is 0 Å². The van der Waals surface area contributed by atoms with E-state index >= 15 is 0 Å². The van der Waals surface area contributed by atoms with Crippen LogP contribution in [0.15, 0.2) is 42.2 Å². The summed E-state index contributed by atoms with van der Waals surface area (Å²) < 4.78 is 0. The number of hydrogen-bond donors (Lipinski definition) is 2. The molecule has 5 heteroatoms. The minimum atomic E-state index is -0.334. The lowest BCUT2D eigenvalue weighted by molar-refractivity contribution is 0.0753. The van der Waals surface area contributed by atoms with Crippen molar-refractivity contribution in [1.82, 2.24) is 9.88 Å². The topological polar surface area (TPSA) is 73.7 Å². The molecule has 0 radical (unpaired) electrons. The van der Waals surface area contributed by atoms with Crippen LogP contribution < -0.4 is 10.4 Å². The Morgan fingerprint density at radius 1 is 1.44 bits per heavy atom. The van der Waals surface area contributed by atoms with Crippen LogP contribution in [0.25, 0.3) is 12.8 Å². The number of nitrogens with zero attached hydrogens (tertiary/aromatic N) is 2. The average Bonchev–Trinajstić information content (AvgIpc) is 2.89. The van der Waals surface area contributed by atoms with Crippen molar-refractivity contribution in [3.8, 4) is 5.75 Å². The highest BCUT2D eigenvalue weighted by Crippen LogP contribution is 2.14. The Morgan fingerprint density at radius 3 is 2.96 bits per heavy atom. The molecule has 0 saturated heterocycles. The highest BCUT2D eigenvalue weighted by molar-refractivity contribution is 5.94. The van der Waals surface area contributed by atoms with Crippen molar-refractivity contribution in [1.29, 1.82) is 0 Å². The quantitative estimate of drug-likeness (QED) is 0.832. The molecule has 1 aromatic heterocycles. The van der Waals surface area contributed by atoms with Gasteiger partial charge in [-0.25, -0.2) is 4.98 Å². The van der Waals surface area contributed by atoms with E-state index in [9.17, 15) is 9.90 Å². The first kappa shape index (κ1) is 18.5. The molecular weight excluding hydrogens is 316 g/mol. The molecule has 2 N–H and O–H groups in total. The molecule has 132 valence electrons. The second kappa shape index (κ2) is 8.87. The van der Waals surface area contributed by atoms with E-state index in [0.29, 0.717) is 13.1 Å². The Kier molecular flexibility index (Phi) is 6.57. The maximum Gasteiger partial charge on any atom is 0.276 e. The van der Waals surface area contributed by atoms with Crippen molar-refractivity contribution < 1.29 is 15.0 Å². The van der Waals surface area contributed by atoms with Crippen LogP contribution >= 0.6 is 0 Å². The maximum atomic E-state index is 12.6. The van der Waals surface area contributed by atoms with Gasteiger partial charge in [-0.05, 0) is 31.8 Å². The SMILES string of the molecule is C=c1c(O)c(C(=O)N(CC)CCCC2=CC=CCC=C2)ncc1=CO. The molecule has 0 unspecified atom stereocenters. The number of carbonyl (C=O) groups is 1. The van der Waals surface area contributed by atoms with Gasteiger partial charge in [-0.15, -0.1) is 0 Å². The molecule has 0 saturated carbocycles. The van der Waals surface area contributed by atoms with Gasteiger partial charge in [0.15, 0.2) is 11.4 Å². The highest BCUT2D eigenvalue weighted by Gasteiger charge is 2.19. The largest absolute Gasteiger partial charge is 0.515 e. The molecule has 0 fully saturated rings. The van der Waals surface area contributed by atoms with E-state index in [1.165, 1.54) is 11.8 Å². The van der Waals surface area contributed by atoms with Crippen LogP contribution in [0.4, 0.5) is 0 Å². The van der Waals surface area contributed by atoms with E-state index in [0.717, 1.165) is 25.5 Å². The number of allylic oxidation sites excluding steroid dienone is 6. The van der Waals surface area contributed by atoms with Crippen molar-refractivity contribution in [3.63, 3.8) is 0 Å². The number of aromatic hydroxyl groups is 1. The summed E-state index contributed by atoms with van der Waals surface area (Å²) in [5.74, 6) is -0.620. The van der Waals surface area contributed by atoms with E-state index in [2.05, 4.69) is 41.9 Å². The van der Waals surface area contributed by atoms with Crippen molar-refractivity contribution in [2.24, 2.45) is 0 Å². The van der Waals surface area contributed by atoms with Crippen LogP contribution in [-0.2, 0) is 0 Å². The lowest BCUT2D eigenvalue weighted by atomic mass is 10.1. The van der Waals surface area contributed by atoms with Crippen LogP contribution in [0, 0.1) is 0 Å². The van der Waals surface area contributed by atoms with E-state index in [1.54, 1.807) is 4.90 Å². The smallest absolute Gasteiger partial charge is 0.276 e. The highest BCUT2D eigenvalue weighted by atomic mass is 16.3. The summed E-state index contributed by atoms with van der Waals surface area (Å²) in [4.78, 5) is 18.3. The van der Waals surface area contributed by atoms with Crippen LogP contribution in [0.5, 0.6) is 5.75 Å². The third-order valence-electron chi connectivity index (χ3n) is 4.15. The molecule has 0 bridgehead atoms. The van der Waals surface area contributed by atoms with Crippen LogP contribution in [-0.4, -0.2) is 39.1 Å². The summed E-state index contributed by atoms with van der Waals surface area (Å²) >= 11 is 0. The predicted octanol–water partition coefficient (Wildman–Crippen LogP) is 2.18. The number of aliphatic hydroxyl groups excluding tert-OH is 1. The van der Waals surface area contributed by atoms with Crippen molar-refractivity contribution in [2.45, 2.75) is 26.2 Å². The third kappa shape index (κ3) is 4.59. The molecule has 1 aromatic rings. The molecule has 0 atom stereocenters. The molecular formula is C20H24N2O3. The van der Waals surface area contributed by atoms with Gasteiger partial charge in [-0.3, -0.25) is 4.79 Å². The summed E-state index contributed by atoms with van der Waals surface area (Å²) in [7, 11) is 0. The number of rotatable bonds is 6. The monoisotopic (exact) mass is 340 g/mol. The number of amides is 1. The molecule has 25 heavy (non-hydrogen) atoms. The Morgan fingerprint density at radius 2 is 2.24 bits per heavy atom. The minimum Gasteiger partial charge on any atom is -0.515 e. The van der Waals surface area contributed by atoms with Gasteiger partial charge in [0, 0.05) is 29.7 Å². The van der Waals surface area contributed by atoms with Gasteiger partial charge >= 0.3 is 0 Å². The maximum absolute atomic E-state index is 12.6. The van der Waals surface area contributed by atoms with E-state index in [1.807, 2.05) is 6.92 Å². The summed E-state index contributed by atoms with van der Waals surface area (Å²) in [5, 5.41) is 19.7. The lowest BCUT2D eigenvalue weighted by Crippen LogP contribution is -2.35. The Bertz CT molecular complexity index is 822. The molecule has 1 heterocycles. The molecule has 1 aliphatic rings. The number of hydrogen-bond acceptors (Lipinski definition) is 4. The third-order valence-corrected chi connectivity index (χ3v) is 4.15. The summed E-state index contributed by atoms with van der Waals surface area (Å²) in [6.07, 6.45) is 15.3. The minimum absolute atomic E-state index is 0.0334. The second-order valence-electron chi connectivity index (χ2n) is 5.81. The van der Waals surface area contributed by atoms with Crippen molar-refractivity contribution >= 4 is 18.7 Å². The number of carbonyl (C=O) groups excluding carboxylic acids is 1. The van der Waals surface area contributed by atoms with E-state index in [-0.39, 0.29) is 27.8 Å². The Balaban J connectivity index is 2.06. The average molecular weight is 340 g/mol. The zero-order chi connectivity index (χ0) is 18.2. The van der Waals surface area contributed by atoms with Crippen LogP contribution in [0.1, 0.15) is 36.7 Å². The summed E-state index contributed by atoms with van der Waals surface area (Å²) in [6, 6.07) is 0. The first-order valence-corrected chi connectivity index (χ1v) is 8.41. The second-order valence-corrected chi connectivity index (χ2v) is 5.81. The molecule has 1 amide bonds. The normalized spacial score (nSPS) is 14.3. The Labute approximate surface area is 147 Å². The summed E-state index contributed by atoms with van der Waals surface area (Å²) in [5.41, 5.74) is 1.20. The van der Waals surface area contributed by atoms with Gasteiger partial charge in [-0.2, -0.15) is 0 Å². The zero-order valence-corrected chi connectivity index (χ0v) is 14.5. The van der Waals surface area contributed by atoms with Gasteiger partial charge in [0.25, 0.3) is 5.91 Å². The van der Waals surface area contributed by atoms with Crippen molar-refractivity contribution in [3.05, 3.63) is 58.3 Å². The van der Waals surface area contributed by atoms with E-state index in [4.69, 9.17) is 5.11 Å². The fourth-order valence-electron chi connectivity index (χ4n) is 2.64. The lowest BCUT2D eigenvalue weighted by Gasteiger charge is -2.21.